The van der Waals surface area contributed by atoms with E-state index in [2.05, 4.69) is 21.2 Å². The fourth-order valence-electron chi connectivity index (χ4n) is 4.15. The molecule has 0 amide bonds. The maximum Gasteiger partial charge on any atom is 0.323 e. The second-order valence-electron chi connectivity index (χ2n) is 7.37. The Morgan fingerprint density at radius 1 is 1.21 bits per heavy atom. The zero-order chi connectivity index (χ0) is 20.5. The quantitative estimate of drug-likeness (QED) is 0.543. The highest BCUT2D eigenvalue weighted by atomic mass is 79.9. The number of ether oxygens (including phenoxy) is 1. The Kier molecular flexibility index (Phi) is 5.61. The third-order valence-corrected chi connectivity index (χ3v) is 6.48. The summed E-state index contributed by atoms with van der Waals surface area (Å²) in [7, 11) is 0. The largest absolute Gasteiger partial charge is 0.508 e. The second-order valence-corrected chi connectivity index (χ2v) is 8.36. The summed E-state index contributed by atoms with van der Waals surface area (Å²) < 4.78 is 5.34. The van der Waals surface area contributed by atoms with Gasteiger partial charge in [0.25, 0.3) is 0 Å². The topological polar surface area (TPSA) is 74.2 Å². The number of nitrogens with one attached hydrogen (secondary N) is 1. The van der Waals surface area contributed by atoms with Gasteiger partial charge in [-0.2, -0.15) is 5.10 Å². The zero-order valence-electron chi connectivity index (χ0n) is 16.3. The van der Waals surface area contributed by atoms with E-state index < -0.39 is 6.04 Å². The normalized spacial score (nSPS) is 28.6. The van der Waals surface area contributed by atoms with Gasteiger partial charge in [-0.3, -0.25) is 15.1 Å². The molecule has 4 rings (SSSR count). The van der Waals surface area contributed by atoms with Crippen LogP contribution in [0.2, 0.25) is 0 Å². The van der Waals surface area contributed by atoms with Gasteiger partial charge in [0.15, 0.2) is 0 Å². The zero-order valence-corrected chi connectivity index (χ0v) is 17.9. The third kappa shape index (κ3) is 3.65. The van der Waals surface area contributed by atoms with E-state index in [0.29, 0.717) is 6.61 Å². The number of benzene rings is 2. The Balaban J connectivity index is 1.75. The Hall–Kier alpha value is -2.38. The fraction of sp³-hybridized carbons (Fsp3) is 0.364. The minimum atomic E-state index is -0.458. The first-order valence-electron chi connectivity index (χ1n) is 9.79. The van der Waals surface area contributed by atoms with E-state index in [1.807, 2.05) is 61.3 Å². The molecule has 2 N–H and O–H groups in total. The molecule has 2 aromatic rings. The van der Waals surface area contributed by atoms with Crippen molar-refractivity contribution in [1.29, 1.82) is 0 Å². The van der Waals surface area contributed by atoms with Crippen LogP contribution in [0.4, 0.5) is 0 Å². The van der Waals surface area contributed by atoms with Crippen molar-refractivity contribution in [3.8, 4) is 5.75 Å². The van der Waals surface area contributed by atoms with Gasteiger partial charge >= 0.3 is 5.97 Å². The van der Waals surface area contributed by atoms with Crippen molar-refractivity contribution < 1.29 is 14.6 Å². The Morgan fingerprint density at radius 3 is 2.55 bits per heavy atom. The van der Waals surface area contributed by atoms with E-state index in [4.69, 9.17) is 9.84 Å². The van der Waals surface area contributed by atoms with Gasteiger partial charge in [-0.15, -0.1) is 0 Å². The highest BCUT2D eigenvalue weighted by Crippen LogP contribution is 2.42. The van der Waals surface area contributed by atoms with Gasteiger partial charge in [-0.25, -0.2) is 0 Å². The lowest BCUT2D eigenvalue weighted by molar-refractivity contribution is -0.151. The molecule has 29 heavy (non-hydrogen) atoms. The van der Waals surface area contributed by atoms with Gasteiger partial charge in [-0.1, -0.05) is 65.3 Å². The molecule has 0 aliphatic carbocycles. The first-order valence-corrected chi connectivity index (χ1v) is 10.7. The molecule has 6 nitrogen and oxygen atoms in total. The fourth-order valence-corrected chi connectivity index (χ4v) is 4.90. The molecule has 0 bridgehead atoms. The minimum absolute atomic E-state index is 0.0889. The van der Waals surface area contributed by atoms with Crippen LogP contribution in [0.5, 0.6) is 5.75 Å². The maximum absolute atomic E-state index is 12.7. The Labute approximate surface area is 178 Å². The van der Waals surface area contributed by atoms with Gasteiger partial charge < -0.3 is 9.84 Å². The van der Waals surface area contributed by atoms with Gasteiger partial charge in [0, 0.05) is 5.92 Å². The first-order chi connectivity index (χ1) is 14.0. The molecule has 1 fully saturated rings. The molecule has 0 aromatic heterocycles. The van der Waals surface area contributed by atoms with Crippen LogP contribution in [0.15, 0.2) is 59.7 Å². The highest BCUT2D eigenvalue weighted by molar-refractivity contribution is 9.10. The van der Waals surface area contributed by atoms with Crippen molar-refractivity contribution >= 4 is 27.6 Å². The number of rotatable bonds is 4. The second kappa shape index (κ2) is 8.16. The number of carbonyl (C=O) groups is 1. The van der Waals surface area contributed by atoms with E-state index >= 15 is 0 Å². The van der Waals surface area contributed by atoms with Crippen LogP contribution in [0.3, 0.4) is 0 Å². The number of aromatic hydroxyl groups is 1. The lowest BCUT2D eigenvalue weighted by Crippen LogP contribution is -2.62. The summed E-state index contributed by atoms with van der Waals surface area (Å²) in [6.45, 7) is 4.18. The molecule has 152 valence electrons. The number of hydrogen-bond donors (Lipinski definition) is 2. The molecule has 0 spiro atoms. The monoisotopic (exact) mass is 457 g/mol. The van der Waals surface area contributed by atoms with Crippen molar-refractivity contribution in [1.82, 2.24) is 10.3 Å². The Bertz CT molecular complexity index is 903. The van der Waals surface area contributed by atoms with Crippen LogP contribution in [0.1, 0.15) is 31.0 Å². The Morgan fingerprint density at radius 2 is 1.90 bits per heavy atom. The molecule has 0 saturated carbocycles. The molecular weight excluding hydrogens is 434 g/mol. The summed E-state index contributed by atoms with van der Waals surface area (Å²) in [5.41, 5.74) is 2.95. The lowest BCUT2D eigenvalue weighted by atomic mass is 9.85. The number of carbonyl (C=O) groups excluding carboxylic acids is 1. The van der Waals surface area contributed by atoms with Gasteiger partial charge in [0.1, 0.15) is 18.0 Å². The number of hydrogen-bond acceptors (Lipinski definition) is 6. The molecule has 7 heteroatoms. The lowest BCUT2D eigenvalue weighted by Gasteiger charge is -2.46. The minimum Gasteiger partial charge on any atom is -0.508 e. The van der Waals surface area contributed by atoms with Crippen molar-refractivity contribution in [3.63, 3.8) is 0 Å². The molecule has 2 aromatic carbocycles. The smallest absolute Gasteiger partial charge is 0.323 e. The molecule has 2 aliphatic heterocycles. The molecule has 1 saturated heterocycles. The number of phenolic OH excluding ortho intramolecular Hbond substituents is 1. The van der Waals surface area contributed by atoms with Crippen molar-refractivity contribution in [2.24, 2.45) is 11.0 Å². The van der Waals surface area contributed by atoms with Crippen LogP contribution in [0.25, 0.3) is 0 Å². The molecule has 5 unspecified atom stereocenters. The predicted octanol–water partition coefficient (Wildman–Crippen LogP) is 3.41. The number of hydrazone groups is 1. The molecule has 2 heterocycles. The third-order valence-electron chi connectivity index (χ3n) is 5.55. The van der Waals surface area contributed by atoms with E-state index in [1.54, 1.807) is 12.1 Å². The summed E-state index contributed by atoms with van der Waals surface area (Å²) in [5, 5.41) is 20.2. The van der Waals surface area contributed by atoms with Gasteiger partial charge in [0.05, 0.1) is 23.2 Å². The van der Waals surface area contributed by atoms with Crippen molar-refractivity contribution in [2.45, 2.75) is 36.9 Å². The summed E-state index contributed by atoms with van der Waals surface area (Å²) in [5.74, 6) is -0.133. The SMILES string of the molecule is CCOC(=O)C1NC2C(Br)C(c3ccccc3)=NN2C(c2ccc(O)cc2)C1C. The highest BCUT2D eigenvalue weighted by Gasteiger charge is 2.50. The number of fused-ring (bicyclic) bond motifs is 1. The van der Waals surface area contributed by atoms with Crippen LogP contribution in [0, 0.1) is 5.92 Å². The van der Waals surface area contributed by atoms with Crippen LogP contribution in [-0.2, 0) is 9.53 Å². The maximum atomic E-state index is 12.7. The number of esters is 1. The molecule has 2 aliphatic rings. The average molecular weight is 458 g/mol. The summed E-state index contributed by atoms with van der Waals surface area (Å²) in [6.07, 6.45) is -0.199. The number of phenols is 1. The summed E-state index contributed by atoms with van der Waals surface area (Å²) >= 11 is 3.80. The van der Waals surface area contributed by atoms with E-state index in [1.165, 1.54) is 0 Å². The number of halogens is 1. The van der Waals surface area contributed by atoms with Crippen LogP contribution >= 0.6 is 15.9 Å². The first kappa shape index (κ1) is 19.9. The molecule has 0 radical (unpaired) electrons. The summed E-state index contributed by atoms with van der Waals surface area (Å²) in [6, 6.07) is 16.5. The summed E-state index contributed by atoms with van der Waals surface area (Å²) in [4.78, 5) is 12.6. The van der Waals surface area contributed by atoms with Crippen LogP contribution in [-0.4, -0.2) is 45.4 Å². The number of alkyl halides is 1. The van der Waals surface area contributed by atoms with E-state index in [0.717, 1.165) is 16.8 Å². The van der Waals surface area contributed by atoms with Crippen molar-refractivity contribution in [3.05, 3.63) is 65.7 Å². The van der Waals surface area contributed by atoms with Gasteiger partial charge in [0.2, 0.25) is 0 Å². The van der Waals surface area contributed by atoms with E-state index in [9.17, 15) is 9.90 Å². The standard InChI is InChI=1S/C22H24BrN3O3/c1-3-29-22(28)18-13(2)20(15-9-11-16(27)12-10-15)26-21(24-18)17(23)19(25-26)14-7-5-4-6-8-14/h4-13,17-18,20-21,24,27H,3H2,1-2H3. The average Bonchev–Trinajstić information content (AvgIpc) is 3.05. The molecule has 5 atom stereocenters. The molecular formula is C22H24BrN3O3. The van der Waals surface area contributed by atoms with Gasteiger partial charge in [-0.05, 0) is 30.2 Å². The number of nitrogens with zero attached hydrogens (tertiary/aromatic N) is 2. The van der Waals surface area contributed by atoms with Crippen molar-refractivity contribution in [2.75, 3.05) is 6.61 Å². The van der Waals surface area contributed by atoms with E-state index in [-0.39, 0.29) is 34.7 Å². The predicted molar refractivity (Wildman–Crippen MR) is 115 cm³/mol. The van der Waals surface area contributed by atoms with Crippen LogP contribution < -0.4 is 5.32 Å².